The van der Waals surface area contributed by atoms with Crippen LogP contribution in [0.4, 0.5) is 0 Å². The first-order chi connectivity index (χ1) is 8.29. The van der Waals surface area contributed by atoms with Crippen molar-refractivity contribution in [3.05, 3.63) is 35.4 Å². The zero-order valence-corrected chi connectivity index (χ0v) is 10.8. The molecule has 17 heavy (non-hydrogen) atoms. The van der Waals surface area contributed by atoms with E-state index in [9.17, 15) is 0 Å². The molecule has 1 aromatic rings. The molecule has 2 heteroatoms. The van der Waals surface area contributed by atoms with Gasteiger partial charge in [0.15, 0.2) is 0 Å². The van der Waals surface area contributed by atoms with E-state index in [4.69, 9.17) is 4.84 Å². The van der Waals surface area contributed by atoms with E-state index < -0.39 is 0 Å². The van der Waals surface area contributed by atoms with Crippen LogP contribution in [-0.2, 0) is 11.3 Å². The maximum atomic E-state index is 4.96. The fourth-order valence-corrected chi connectivity index (χ4v) is 2.53. The molecule has 0 N–H and O–H groups in total. The fourth-order valence-electron chi connectivity index (χ4n) is 2.53. The number of nitrogens with zero attached hydrogens (tertiary/aromatic N) is 1. The molecule has 1 aliphatic rings. The molecule has 0 amide bonds. The smallest absolute Gasteiger partial charge is 0.106 e. The van der Waals surface area contributed by atoms with Crippen molar-refractivity contribution in [1.82, 2.24) is 0 Å². The molecule has 1 aliphatic carbocycles. The van der Waals surface area contributed by atoms with Crippen LogP contribution < -0.4 is 0 Å². The minimum absolute atomic E-state index is 0.575. The van der Waals surface area contributed by atoms with Crippen LogP contribution in [0.2, 0.25) is 0 Å². The Morgan fingerprint density at radius 2 is 2.00 bits per heavy atom. The van der Waals surface area contributed by atoms with Gasteiger partial charge in [0.05, 0.1) is 5.71 Å². The number of rotatable bonds is 3. The Morgan fingerprint density at radius 3 is 2.71 bits per heavy atom. The van der Waals surface area contributed by atoms with E-state index in [2.05, 4.69) is 36.3 Å². The van der Waals surface area contributed by atoms with Gasteiger partial charge < -0.3 is 4.84 Å². The zero-order valence-electron chi connectivity index (χ0n) is 10.8. The molecule has 0 radical (unpaired) electrons. The maximum absolute atomic E-state index is 4.96. The molecule has 1 unspecified atom stereocenters. The molecule has 1 atom stereocenters. The highest BCUT2D eigenvalue weighted by atomic mass is 16.6. The standard InChI is InChI=1S/C15H21NO/c1-12-7-9-13(10-8-12)11-14-5-3-4-6-15(14)16-17-2/h7-10,14H,3-6,11H2,1-2H3/b16-15+. The van der Waals surface area contributed by atoms with Crippen molar-refractivity contribution in [3.63, 3.8) is 0 Å². The van der Waals surface area contributed by atoms with Crippen molar-refractivity contribution in [2.75, 3.05) is 7.11 Å². The van der Waals surface area contributed by atoms with E-state index in [1.165, 1.54) is 36.1 Å². The summed E-state index contributed by atoms with van der Waals surface area (Å²) in [5, 5.41) is 4.20. The minimum Gasteiger partial charge on any atom is -0.399 e. The van der Waals surface area contributed by atoms with Gasteiger partial charge in [-0.2, -0.15) is 0 Å². The summed E-state index contributed by atoms with van der Waals surface area (Å²) in [5.41, 5.74) is 3.98. The number of oxime groups is 1. The van der Waals surface area contributed by atoms with Gasteiger partial charge in [0, 0.05) is 5.92 Å². The van der Waals surface area contributed by atoms with Gasteiger partial charge in [0.25, 0.3) is 0 Å². The first-order valence-corrected chi connectivity index (χ1v) is 6.45. The Bertz CT molecular complexity index is 380. The van der Waals surface area contributed by atoms with Crippen LogP contribution in [0.5, 0.6) is 0 Å². The lowest BCUT2D eigenvalue weighted by Crippen LogP contribution is -2.21. The monoisotopic (exact) mass is 231 g/mol. The normalized spacial score (nSPS) is 22.7. The molecule has 2 rings (SSSR count). The summed E-state index contributed by atoms with van der Waals surface area (Å²) in [6.45, 7) is 2.13. The fraction of sp³-hybridized carbons (Fsp3) is 0.533. The summed E-state index contributed by atoms with van der Waals surface area (Å²) >= 11 is 0. The second-order valence-electron chi connectivity index (χ2n) is 4.90. The van der Waals surface area contributed by atoms with Crippen molar-refractivity contribution < 1.29 is 4.84 Å². The van der Waals surface area contributed by atoms with Gasteiger partial charge in [0.2, 0.25) is 0 Å². The molecule has 0 aliphatic heterocycles. The van der Waals surface area contributed by atoms with Crippen LogP contribution in [0.3, 0.4) is 0 Å². The molecule has 92 valence electrons. The Hall–Kier alpha value is -1.31. The molecule has 0 saturated heterocycles. The second-order valence-corrected chi connectivity index (χ2v) is 4.90. The molecule has 1 aromatic carbocycles. The number of aryl methyl sites for hydroxylation is 1. The van der Waals surface area contributed by atoms with Gasteiger partial charge in [0.1, 0.15) is 7.11 Å². The largest absolute Gasteiger partial charge is 0.399 e. The van der Waals surface area contributed by atoms with Crippen LogP contribution in [0, 0.1) is 12.8 Å². The Balaban J connectivity index is 2.05. The highest BCUT2D eigenvalue weighted by Gasteiger charge is 2.21. The van der Waals surface area contributed by atoms with Gasteiger partial charge in [-0.15, -0.1) is 0 Å². The SMILES string of the molecule is CO/N=C1\CCCCC1Cc1ccc(C)cc1. The van der Waals surface area contributed by atoms with Crippen LogP contribution >= 0.6 is 0 Å². The molecule has 0 bridgehead atoms. The first kappa shape index (κ1) is 12.2. The Kier molecular flexibility index (Phi) is 4.18. The zero-order chi connectivity index (χ0) is 12.1. The van der Waals surface area contributed by atoms with Crippen LogP contribution in [0.1, 0.15) is 36.8 Å². The third-order valence-electron chi connectivity index (χ3n) is 3.52. The van der Waals surface area contributed by atoms with Gasteiger partial charge in [-0.1, -0.05) is 41.4 Å². The van der Waals surface area contributed by atoms with Crippen molar-refractivity contribution >= 4 is 5.71 Å². The van der Waals surface area contributed by atoms with Crippen LogP contribution in [0.25, 0.3) is 0 Å². The molecule has 1 fully saturated rings. The van der Waals surface area contributed by atoms with E-state index in [0.29, 0.717) is 5.92 Å². The average Bonchev–Trinajstić information content (AvgIpc) is 2.35. The predicted octanol–water partition coefficient (Wildman–Crippen LogP) is 3.73. The summed E-state index contributed by atoms with van der Waals surface area (Å²) in [5.74, 6) is 0.575. The number of benzene rings is 1. The molecule has 1 saturated carbocycles. The average molecular weight is 231 g/mol. The summed E-state index contributed by atoms with van der Waals surface area (Å²) in [6, 6.07) is 8.83. The lowest BCUT2D eigenvalue weighted by molar-refractivity contribution is 0.208. The van der Waals surface area contributed by atoms with E-state index >= 15 is 0 Å². The molecule has 0 heterocycles. The number of hydrogen-bond donors (Lipinski definition) is 0. The summed E-state index contributed by atoms with van der Waals surface area (Å²) in [6.07, 6.45) is 6.02. The molecule has 0 aromatic heterocycles. The molecule has 0 spiro atoms. The third-order valence-corrected chi connectivity index (χ3v) is 3.52. The molecular formula is C15H21NO. The van der Waals surface area contributed by atoms with E-state index in [-0.39, 0.29) is 0 Å². The van der Waals surface area contributed by atoms with Gasteiger partial charge >= 0.3 is 0 Å². The van der Waals surface area contributed by atoms with E-state index in [0.717, 1.165) is 12.8 Å². The van der Waals surface area contributed by atoms with Gasteiger partial charge in [-0.25, -0.2) is 0 Å². The molecular weight excluding hydrogens is 210 g/mol. The Morgan fingerprint density at radius 1 is 1.24 bits per heavy atom. The van der Waals surface area contributed by atoms with Crippen LogP contribution in [0.15, 0.2) is 29.4 Å². The highest BCUT2D eigenvalue weighted by molar-refractivity contribution is 5.87. The lowest BCUT2D eigenvalue weighted by atomic mass is 9.83. The molecule has 2 nitrogen and oxygen atoms in total. The van der Waals surface area contributed by atoms with E-state index in [1.54, 1.807) is 7.11 Å². The quantitative estimate of drug-likeness (QED) is 0.726. The van der Waals surface area contributed by atoms with E-state index in [1.807, 2.05) is 0 Å². The highest BCUT2D eigenvalue weighted by Crippen LogP contribution is 2.25. The minimum atomic E-state index is 0.575. The summed E-state index contributed by atoms with van der Waals surface area (Å²) in [7, 11) is 1.64. The Labute approximate surface area is 104 Å². The predicted molar refractivity (Wildman–Crippen MR) is 71.3 cm³/mol. The first-order valence-electron chi connectivity index (χ1n) is 6.45. The maximum Gasteiger partial charge on any atom is 0.106 e. The lowest BCUT2D eigenvalue weighted by Gasteiger charge is -2.23. The summed E-state index contributed by atoms with van der Waals surface area (Å²) in [4.78, 5) is 4.96. The topological polar surface area (TPSA) is 21.6 Å². The second kappa shape index (κ2) is 5.85. The van der Waals surface area contributed by atoms with Gasteiger partial charge in [-0.3, -0.25) is 0 Å². The van der Waals surface area contributed by atoms with Gasteiger partial charge in [-0.05, 0) is 38.2 Å². The number of hydrogen-bond acceptors (Lipinski definition) is 2. The van der Waals surface area contributed by atoms with Crippen molar-refractivity contribution in [1.29, 1.82) is 0 Å². The summed E-state index contributed by atoms with van der Waals surface area (Å²) < 4.78 is 0. The van der Waals surface area contributed by atoms with Crippen molar-refractivity contribution in [2.24, 2.45) is 11.1 Å². The van der Waals surface area contributed by atoms with Crippen LogP contribution in [-0.4, -0.2) is 12.8 Å². The third kappa shape index (κ3) is 3.32. The van der Waals surface area contributed by atoms with Crippen molar-refractivity contribution in [3.8, 4) is 0 Å². The van der Waals surface area contributed by atoms with Crippen molar-refractivity contribution in [2.45, 2.75) is 39.0 Å².